The number of azide groups is 1. The van der Waals surface area contributed by atoms with E-state index in [1.807, 2.05) is 0 Å². The van der Waals surface area contributed by atoms with Crippen LogP contribution in [0.5, 0.6) is 0 Å². The third-order valence-electron chi connectivity index (χ3n) is 2.05. The molecule has 0 aromatic carbocycles. The Morgan fingerprint density at radius 3 is 2.43 bits per heavy atom. The van der Waals surface area contributed by atoms with Crippen molar-refractivity contribution in [3.63, 3.8) is 0 Å². The number of hydrogen-bond acceptors (Lipinski definition) is 6. The summed E-state index contributed by atoms with van der Waals surface area (Å²) in [7, 11) is 0. The molecule has 1 saturated heterocycles. The van der Waals surface area contributed by atoms with Crippen molar-refractivity contribution in [2.45, 2.75) is 30.6 Å². The predicted molar refractivity (Wildman–Crippen MR) is 42.9 cm³/mol. The number of aliphatic hydroxyl groups is 4. The van der Waals surface area contributed by atoms with Crippen molar-refractivity contribution in [1.29, 1.82) is 0 Å². The van der Waals surface area contributed by atoms with E-state index in [1.54, 1.807) is 0 Å². The van der Waals surface area contributed by atoms with Gasteiger partial charge >= 0.3 is 0 Å². The molecular weight excluding hydrogens is 194 g/mol. The van der Waals surface area contributed by atoms with Crippen LogP contribution in [0.15, 0.2) is 5.11 Å². The monoisotopic (exact) mass is 205 g/mol. The lowest BCUT2D eigenvalue weighted by atomic mass is 9.97. The zero-order valence-corrected chi connectivity index (χ0v) is 7.13. The summed E-state index contributed by atoms with van der Waals surface area (Å²) in [6.07, 6.45) is -5.60. The van der Waals surface area contributed by atoms with Gasteiger partial charge in [-0.15, -0.1) is 0 Å². The topological polar surface area (TPSA) is 139 Å². The predicted octanol–water partition coefficient (Wildman–Crippen LogP) is -1.90. The second kappa shape index (κ2) is 4.56. The van der Waals surface area contributed by atoms with E-state index in [2.05, 4.69) is 10.0 Å². The Hall–Kier alpha value is -0.890. The van der Waals surface area contributed by atoms with Crippen molar-refractivity contribution in [3.8, 4) is 0 Å². The molecule has 14 heavy (non-hydrogen) atoms. The van der Waals surface area contributed by atoms with E-state index in [1.165, 1.54) is 0 Å². The summed E-state index contributed by atoms with van der Waals surface area (Å²) in [6.45, 7) is -0.523. The Bertz CT molecular complexity index is 242. The minimum atomic E-state index is -1.59. The summed E-state index contributed by atoms with van der Waals surface area (Å²) in [4.78, 5) is 2.45. The lowest BCUT2D eigenvalue weighted by Gasteiger charge is -2.37. The van der Waals surface area contributed by atoms with Crippen molar-refractivity contribution in [2.24, 2.45) is 5.11 Å². The molecule has 0 bridgehead atoms. The van der Waals surface area contributed by atoms with Gasteiger partial charge in [0.2, 0.25) is 0 Å². The molecular formula is C6H11N3O5. The average molecular weight is 205 g/mol. The first kappa shape index (κ1) is 11.2. The van der Waals surface area contributed by atoms with E-state index in [0.717, 1.165) is 0 Å². The molecule has 0 aliphatic carbocycles. The lowest BCUT2D eigenvalue weighted by molar-refractivity contribution is -0.258. The maximum absolute atomic E-state index is 9.37. The van der Waals surface area contributed by atoms with Crippen molar-refractivity contribution in [1.82, 2.24) is 0 Å². The minimum absolute atomic E-state index is 0.523. The van der Waals surface area contributed by atoms with E-state index < -0.39 is 37.3 Å². The first-order chi connectivity index (χ1) is 6.61. The van der Waals surface area contributed by atoms with Gasteiger partial charge in [0.15, 0.2) is 6.29 Å². The van der Waals surface area contributed by atoms with Crippen LogP contribution in [0.2, 0.25) is 0 Å². The van der Waals surface area contributed by atoms with Gasteiger partial charge in [-0.1, -0.05) is 5.11 Å². The van der Waals surface area contributed by atoms with E-state index in [0.29, 0.717) is 0 Å². The molecule has 80 valence electrons. The van der Waals surface area contributed by atoms with Crippen LogP contribution in [0.4, 0.5) is 0 Å². The van der Waals surface area contributed by atoms with E-state index >= 15 is 0 Å². The summed E-state index contributed by atoms with van der Waals surface area (Å²) in [6, 6.07) is -1.11. The number of rotatable bonds is 2. The molecule has 8 heteroatoms. The zero-order chi connectivity index (χ0) is 10.7. The molecule has 0 aromatic heterocycles. The quantitative estimate of drug-likeness (QED) is 0.237. The van der Waals surface area contributed by atoms with Crippen LogP contribution in [0.3, 0.4) is 0 Å². The number of ether oxygens (including phenoxy) is 1. The Morgan fingerprint density at radius 1 is 1.29 bits per heavy atom. The fourth-order valence-electron chi connectivity index (χ4n) is 1.28. The van der Waals surface area contributed by atoms with Crippen LogP contribution < -0.4 is 0 Å². The summed E-state index contributed by atoms with van der Waals surface area (Å²) in [5, 5.41) is 39.6. The minimum Gasteiger partial charge on any atom is -0.394 e. The normalized spacial score (nSPS) is 43.0. The summed E-state index contributed by atoms with van der Waals surface area (Å²) in [5.41, 5.74) is 8.17. The molecule has 1 unspecified atom stereocenters. The smallest absolute Gasteiger partial charge is 0.183 e. The molecule has 1 aliphatic rings. The van der Waals surface area contributed by atoms with E-state index in [-0.39, 0.29) is 0 Å². The second-order valence-corrected chi connectivity index (χ2v) is 2.92. The van der Waals surface area contributed by atoms with Crippen LogP contribution in [-0.4, -0.2) is 57.7 Å². The van der Waals surface area contributed by atoms with Gasteiger partial charge in [0.05, 0.1) is 24.9 Å². The van der Waals surface area contributed by atoms with Crippen LogP contribution in [0, 0.1) is 0 Å². The van der Waals surface area contributed by atoms with Gasteiger partial charge in [-0.2, -0.15) is 0 Å². The highest BCUT2D eigenvalue weighted by atomic mass is 16.6. The van der Waals surface area contributed by atoms with Gasteiger partial charge in [-0.3, -0.25) is 0 Å². The molecule has 0 saturated carbocycles. The molecule has 0 spiro atoms. The zero-order valence-electron chi connectivity index (χ0n) is 7.13. The van der Waals surface area contributed by atoms with Crippen molar-refractivity contribution in [3.05, 3.63) is 10.4 Å². The highest BCUT2D eigenvalue weighted by molar-refractivity contribution is 4.93. The summed E-state index contributed by atoms with van der Waals surface area (Å²) >= 11 is 0. The number of aliphatic hydroxyl groups excluding tert-OH is 4. The Labute approximate surface area is 79.0 Å². The maximum Gasteiger partial charge on any atom is 0.183 e. The Balaban J connectivity index is 2.82. The SMILES string of the molecule is [N-]=[N+]=N[C@@H]1[C@H](O)[C@@H](O)C(O)O[C@@H]1CO. The highest BCUT2D eigenvalue weighted by Crippen LogP contribution is 2.22. The molecule has 1 heterocycles. The summed E-state index contributed by atoms with van der Waals surface area (Å²) in [5.74, 6) is 0. The largest absolute Gasteiger partial charge is 0.394 e. The Kier molecular flexibility index (Phi) is 3.64. The molecule has 8 nitrogen and oxygen atoms in total. The van der Waals surface area contributed by atoms with Gasteiger partial charge in [0.25, 0.3) is 0 Å². The van der Waals surface area contributed by atoms with E-state index in [9.17, 15) is 5.11 Å². The highest BCUT2D eigenvalue weighted by Gasteiger charge is 2.43. The van der Waals surface area contributed by atoms with Crippen LogP contribution in [-0.2, 0) is 4.74 Å². The molecule has 1 aliphatic heterocycles. The third-order valence-corrected chi connectivity index (χ3v) is 2.05. The van der Waals surface area contributed by atoms with Crippen molar-refractivity contribution < 1.29 is 25.2 Å². The third kappa shape index (κ3) is 1.95. The fourth-order valence-corrected chi connectivity index (χ4v) is 1.28. The van der Waals surface area contributed by atoms with Crippen LogP contribution >= 0.6 is 0 Å². The van der Waals surface area contributed by atoms with Gasteiger partial charge < -0.3 is 25.2 Å². The van der Waals surface area contributed by atoms with Crippen LogP contribution in [0.25, 0.3) is 10.4 Å². The average Bonchev–Trinajstić information content (AvgIpc) is 2.19. The number of nitrogens with zero attached hydrogens (tertiary/aromatic N) is 3. The first-order valence-corrected chi connectivity index (χ1v) is 3.96. The first-order valence-electron chi connectivity index (χ1n) is 3.96. The Morgan fingerprint density at radius 2 is 1.93 bits per heavy atom. The fraction of sp³-hybridized carbons (Fsp3) is 1.00. The van der Waals surface area contributed by atoms with Crippen molar-refractivity contribution in [2.75, 3.05) is 6.61 Å². The van der Waals surface area contributed by atoms with Gasteiger partial charge in [-0.25, -0.2) is 0 Å². The van der Waals surface area contributed by atoms with Gasteiger partial charge in [0, 0.05) is 4.91 Å². The summed E-state index contributed by atoms with van der Waals surface area (Å²) < 4.78 is 4.71. The molecule has 0 radical (unpaired) electrons. The van der Waals surface area contributed by atoms with E-state index in [4.69, 9.17) is 25.6 Å². The van der Waals surface area contributed by atoms with Crippen LogP contribution in [0.1, 0.15) is 0 Å². The molecule has 1 fully saturated rings. The van der Waals surface area contributed by atoms with Gasteiger partial charge in [-0.05, 0) is 5.53 Å². The molecule has 0 aromatic rings. The molecule has 0 amide bonds. The standard InChI is InChI=1S/C6H11N3O5/c7-9-8-3-2(1-10)14-6(13)5(12)4(3)11/h2-6,10-13H,1H2/t2-,3+,4+,5-,6?/m1/s1. The van der Waals surface area contributed by atoms with Crippen molar-refractivity contribution >= 4 is 0 Å². The molecule has 4 N–H and O–H groups in total. The molecule has 5 atom stereocenters. The second-order valence-electron chi connectivity index (χ2n) is 2.92. The lowest BCUT2D eigenvalue weighted by Crippen LogP contribution is -2.57. The van der Waals surface area contributed by atoms with Gasteiger partial charge in [0.1, 0.15) is 6.10 Å². The maximum atomic E-state index is 9.37. The molecule has 1 rings (SSSR count). The number of hydrogen-bond donors (Lipinski definition) is 4.